The predicted octanol–water partition coefficient (Wildman–Crippen LogP) is 20.5. The fraction of sp³-hybridized carbons (Fsp3) is 0.580. The predicted molar refractivity (Wildman–Crippen MR) is 325 cm³/mol. The number of carbonyl (C=O) groups is 3. The van der Waals surface area contributed by atoms with E-state index in [4.69, 9.17) is 14.2 Å². The van der Waals surface area contributed by atoms with Gasteiger partial charge in [-0.25, -0.2) is 0 Å². The summed E-state index contributed by atoms with van der Waals surface area (Å²) in [6.45, 7) is 6.31. The molecule has 1 unspecified atom stereocenters. The van der Waals surface area contributed by atoms with Crippen LogP contribution in [-0.2, 0) is 28.6 Å². The molecule has 1 atom stereocenters. The van der Waals surface area contributed by atoms with E-state index in [1.165, 1.54) is 38.5 Å². The number of esters is 3. The average molecular weight is 1030 g/mol. The fourth-order valence-corrected chi connectivity index (χ4v) is 7.60. The zero-order chi connectivity index (χ0) is 54.3. The van der Waals surface area contributed by atoms with Gasteiger partial charge in [0.05, 0.1) is 0 Å². The van der Waals surface area contributed by atoms with E-state index in [2.05, 4.69) is 179 Å². The maximum atomic E-state index is 12.8. The second-order valence-electron chi connectivity index (χ2n) is 19.1. The highest BCUT2D eigenvalue weighted by molar-refractivity contribution is 5.71. The van der Waals surface area contributed by atoms with Crippen LogP contribution in [0.4, 0.5) is 0 Å². The lowest BCUT2D eigenvalue weighted by molar-refractivity contribution is -0.167. The minimum atomic E-state index is -0.806. The Kier molecular flexibility index (Phi) is 57.5. The first-order chi connectivity index (χ1) is 37.0. The first-order valence-corrected chi connectivity index (χ1v) is 30.0. The number of carbonyl (C=O) groups excluding carboxylic acids is 3. The van der Waals surface area contributed by atoms with Gasteiger partial charge in [0, 0.05) is 19.3 Å². The third-order valence-electron chi connectivity index (χ3n) is 12.0. The molecule has 0 spiro atoms. The average Bonchev–Trinajstić information content (AvgIpc) is 3.41. The maximum Gasteiger partial charge on any atom is 0.306 e. The van der Waals surface area contributed by atoms with Crippen LogP contribution in [0.2, 0.25) is 0 Å². The van der Waals surface area contributed by atoms with Crippen molar-refractivity contribution in [2.45, 2.75) is 245 Å². The summed E-state index contributed by atoms with van der Waals surface area (Å²) in [7, 11) is 0. The molecule has 0 aliphatic rings. The highest BCUT2D eigenvalue weighted by atomic mass is 16.6. The van der Waals surface area contributed by atoms with Gasteiger partial charge in [-0.15, -0.1) is 0 Å². The van der Waals surface area contributed by atoms with Crippen LogP contribution < -0.4 is 0 Å². The molecule has 0 rings (SSSR count). The zero-order valence-electron chi connectivity index (χ0n) is 48.0. The van der Waals surface area contributed by atoms with Gasteiger partial charge >= 0.3 is 17.9 Å². The van der Waals surface area contributed by atoms with Crippen molar-refractivity contribution in [3.63, 3.8) is 0 Å². The topological polar surface area (TPSA) is 78.9 Å². The Morgan fingerprint density at radius 2 is 0.520 bits per heavy atom. The normalized spacial score (nSPS) is 13.3. The monoisotopic (exact) mass is 1030 g/mol. The Hall–Kier alpha value is -4.97. The molecule has 0 saturated carbocycles. The fourth-order valence-electron chi connectivity index (χ4n) is 7.60. The standard InChI is InChI=1S/C69H108O6/c1-4-7-10-13-16-18-20-22-24-26-28-30-32-34-36-38-40-42-44-46-48-50-53-56-59-62-68(71)74-65-66(64-73-67(70)61-58-55-52-15-12-9-6-3)75-69(72)63-60-57-54-51-49-47-45-43-41-39-37-35-33-31-29-27-25-23-21-19-17-14-11-8-5-2/h7-8,10-11,16-19,22-25,28-31,34-37,40-43,46,48,66H,4-6,9,12-15,20-21,26-27,32-33,38-39,44-45,47,49-65H2,1-3H3/b10-7-,11-8-,18-16-,19-17-,24-22-,25-23-,30-28-,31-29-,36-34-,37-35-,42-40-,43-41-,48-46-. The van der Waals surface area contributed by atoms with Crippen LogP contribution in [0.25, 0.3) is 0 Å². The first-order valence-electron chi connectivity index (χ1n) is 30.0. The number of rotatable bonds is 52. The van der Waals surface area contributed by atoms with Crippen molar-refractivity contribution in [1.29, 1.82) is 0 Å². The third kappa shape index (κ3) is 59.8. The molecule has 0 amide bonds. The number of allylic oxidation sites excluding steroid dienone is 26. The molecule has 420 valence electrons. The summed E-state index contributed by atoms with van der Waals surface area (Å²) >= 11 is 0. The highest BCUT2D eigenvalue weighted by Crippen LogP contribution is 2.13. The van der Waals surface area contributed by atoms with E-state index in [1.54, 1.807) is 0 Å². The van der Waals surface area contributed by atoms with E-state index >= 15 is 0 Å². The third-order valence-corrected chi connectivity index (χ3v) is 12.0. The van der Waals surface area contributed by atoms with Crippen LogP contribution in [0.15, 0.2) is 158 Å². The minimum absolute atomic E-state index is 0.101. The number of hydrogen-bond acceptors (Lipinski definition) is 6. The summed E-state index contributed by atoms with van der Waals surface area (Å²) in [4.78, 5) is 38.0. The molecular weight excluding hydrogens is 925 g/mol. The van der Waals surface area contributed by atoms with Gasteiger partial charge in [-0.05, 0) is 128 Å². The molecule has 0 heterocycles. The van der Waals surface area contributed by atoms with Crippen molar-refractivity contribution in [3.05, 3.63) is 158 Å². The lowest BCUT2D eigenvalue weighted by Gasteiger charge is -2.18. The van der Waals surface area contributed by atoms with E-state index in [0.29, 0.717) is 19.3 Å². The van der Waals surface area contributed by atoms with E-state index in [1.807, 2.05) is 0 Å². The molecular formula is C69H108O6. The van der Waals surface area contributed by atoms with Crippen LogP contribution in [0, 0.1) is 0 Å². The van der Waals surface area contributed by atoms with Crippen LogP contribution in [0.1, 0.15) is 239 Å². The van der Waals surface area contributed by atoms with Crippen molar-refractivity contribution in [3.8, 4) is 0 Å². The van der Waals surface area contributed by atoms with Crippen molar-refractivity contribution < 1.29 is 28.6 Å². The Morgan fingerprint density at radius 3 is 0.827 bits per heavy atom. The van der Waals surface area contributed by atoms with Gasteiger partial charge in [0.1, 0.15) is 13.2 Å². The second-order valence-corrected chi connectivity index (χ2v) is 19.1. The molecule has 0 fully saturated rings. The Morgan fingerprint density at radius 1 is 0.280 bits per heavy atom. The molecule has 0 aromatic rings. The summed E-state index contributed by atoms with van der Waals surface area (Å²) in [6, 6.07) is 0. The van der Waals surface area contributed by atoms with Gasteiger partial charge in [0.2, 0.25) is 0 Å². The van der Waals surface area contributed by atoms with Crippen LogP contribution in [-0.4, -0.2) is 37.2 Å². The summed E-state index contributed by atoms with van der Waals surface area (Å²) < 4.78 is 16.8. The number of unbranched alkanes of at least 4 members (excludes halogenated alkanes) is 15. The lowest BCUT2D eigenvalue weighted by Crippen LogP contribution is -2.30. The molecule has 0 aromatic carbocycles. The van der Waals surface area contributed by atoms with Gasteiger partial charge in [0.15, 0.2) is 6.10 Å². The van der Waals surface area contributed by atoms with E-state index in [9.17, 15) is 14.4 Å². The van der Waals surface area contributed by atoms with Crippen molar-refractivity contribution in [2.24, 2.45) is 0 Å². The first kappa shape index (κ1) is 70.0. The molecule has 6 heteroatoms. The van der Waals surface area contributed by atoms with Crippen LogP contribution in [0.3, 0.4) is 0 Å². The summed E-state index contributed by atoms with van der Waals surface area (Å²) in [6.07, 6.45) is 89.7. The van der Waals surface area contributed by atoms with Gasteiger partial charge in [-0.3, -0.25) is 14.4 Å². The van der Waals surface area contributed by atoms with Crippen LogP contribution in [0.5, 0.6) is 0 Å². The molecule has 0 aromatic heterocycles. The van der Waals surface area contributed by atoms with E-state index in [-0.39, 0.29) is 31.1 Å². The molecule has 0 aliphatic carbocycles. The van der Waals surface area contributed by atoms with Crippen molar-refractivity contribution >= 4 is 17.9 Å². The van der Waals surface area contributed by atoms with Gasteiger partial charge < -0.3 is 14.2 Å². The summed E-state index contributed by atoms with van der Waals surface area (Å²) in [5, 5.41) is 0. The van der Waals surface area contributed by atoms with Gasteiger partial charge in [-0.1, -0.05) is 249 Å². The number of ether oxygens (including phenoxy) is 3. The SMILES string of the molecule is CC/C=C\C/C=C\C/C=C\C/C=C\C/C=C\C/C=C\C/C=C\CCCCCC(=O)OCC(COC(=O)CCCCCCCCC)OC(=O)CCCCCCCC/C=C\C/C=C\C/C=C\C/C=C\C/C=C\C/C=C\CC. The quantitative estimate of drug-likeness (QED) is 0.0261. The highest BCUT2D eigenvalue weighted by Gasteiger charge is 2.19. The van der Waals surface area contributed by atoms with Crippen LogP contribution >= 0.6 is 0 Å². The van der Waals surface area contributed by atoms with E-state index in [0.717, 1.165) is 161 Å². The molecule has 0 bridgehead atoms. The molecule has 75 heavy (non-hydrogen) atoms. The smallest absolute Gasteiger partial charge is 0.306 e. The van der Waals surface area contributed by atoms with Gasteiger partial charge in [-0.2, -0.15) is 0 Å². The largest absolute Gasteiger partial charge is 0.462 e. The lowest BCUT2D eigenvalue weighted by atomic mass is 10.1. The number of hydrogen-bond donors (Lipinski definition) is 0. The molecule has 6 nitrogen and oxygen atoms in total. The Labute approximate surface area is 460 Å². The van der Waals surface area contributed by atoms with Crippen molar-refractivity contribution in [2.75, 3.05) is 13.2 Å². The van der Waals surface area contributed by atoms with Crippen molar-refractivity contribution in [1.82, 2.24) is 0 Å². The minimum Gasteiger partial charge on any atom is -0.462 e. The van der Waals surface area contributed by atoms with E-state index < -0.39 is 6.10 Å². The molecule has 0 N–H and O–H groups in total. The summed E-state index contributed by atoms with van der Waals surface area (Å²) in [5.41, 5.74) is 0. The molecule has 0 aliphatic heterocycles. The maximum absolute atomic E-state index is 12.8. The molecule has 0 radical (unpaired) electrons. The zero-order valence-corrected chi connectivity index (χ0v) is 48.0. The van der Waals surface area contributed by atoms with Gasteiger partial charge in [0.25, 0.3) is 0 Å². The second kappa shape index (κ2) is 61.6. The summed E-state index contributed by atoms with van der Waals surface area (Å²) in [5.74, 6) is -0.965. The molecule has 0 saturated heterocycles. The Bertz CT molecular complexity index is 1710. The Balaban J connectivity index is 4.33.